The van der Waals surface area contributed by atoms with E-state index in [0.717, 1.165) is 11.1 Å². The summed E-state index contributed by atoms with van der Waals surface area (Å²) < 4.78 is 12.7. The van der Waals surface area contributed by atoms with E-state index >= 15 is 0 Å². The van der Waals surface area contributed by atoms with Crippen molar-refractivity contribution in [2.45, 2.75) is 29.8 Å². The van der Waals surface area contributed by atoms with E-state index in [1.54, 1.807) is 18.5 Å². The average Bonchev–Trinajstić information content (AvgIpc) is 2.58. The number of aliphatic hydroxyl groups is 1. The third kappa shape index (κ3) is 3.52. The Labute approximate surface area is 143 Å². The lowest BCUT2D eigenvalue weighted by atomic mass is 9.77. The van der Waals surface area contributed by atoms with Crippen LogP contribution in [0.1, 0.15) is 23.5 Å². The van der Waals surface area contributed by atoms with E-state index < -0.39 is 22.3 Å². The molecule has 0 fully saturated rings. The summed E-state index contributed by atoms with van der Waals surface area (Å²) in [5.74, 6) is -0.452. The largest absolute Gasteiger partial charge is 0.384 e. The molecule has 0 saturated carbocycles. The number of hydrogen-bond donors (Lipinski definition) is 1. The number of carbonyl (C=O) groups is 1. The van der Waals surface area contributed by atoms with Gasteiger partial charge in [-0.25, -0.2) is 0 Å². The summed E-state index contributed by atoms with van der Waals surface area (Å²) >= 11 is 0. The standard InChI is InChI=1S/C19H19NO3S/c1-14-4-6-17(7-5-14)24(23)13-19(22)9-8-16(21)11-18(19)15-3-2-10-20-12-15/h2-10,12,18,22H,11,13H2,1H3/t18-,19+,24-/m1/s1. The van der Waals surface area contributed by atoms with Gasteiger partial charge in [0.05, 0.1) is 16.6 Å². The summed E-state index contributed by atoms with van der Waals surface area (Å²) in [6, 6.07) is 11.0. The van der Waals surface area contributed by atoms with Gasteiger partial charge in [-0.3, -0.25) is 14.0 Å². The molecule has 1 aromatic carbocycles. The van der Waals surface area contributed by atoms with Gasteiger partial charge in [0.15, 0.2) is 5.78 Å². The van der Waals surface area contributed by atoms with Crippen molar-refractivity contribution in [3.05, 3.63) is 72.1 Å². The first-order valence-electron chi connectivity index (χ1n) is 7.77. The molecule has 4 nitrogen and oxygen atoms in total. The van der Waals surface area contributed by atoms with Crippen molar-refractivity contribution in [2.75, 3.05) is 5.75 Å². The van der Waals surface area contributed by atoms with Crippen molar-refractivity contribution in [1.82, 2.24) is 4.98 Å². The number of carbonyl (C=O) groups excluding carboxylic acids is 1. The summed E-state index contributed by atoms with van der Waals surface area (Å²) in [5.41, 5.74) is 0.525. The molecule has 0 amide bonds. The van der Waals surface area contributed by atoms with Crippen LogP contribution in [0.4, 0.5) is 0 Å². The van der Waals surface area contributed by atoms with Crippen LogP contribution < -0.4 is 0 Å². The van der Waals surface area contributed by atoms with Gasteiger partial charge in [-0.15, -0.1) is 0 Å². The molecule has 2 aromatic rings. The van der Waals surface area contributed by atoms with E-state index in [9.17, 15) is 14.1 Å². The Kier molecular flexibility index (Phi) is 4.73. The fourth-order valence-electron chi connectivity index (χ4n) is 2.92. The molecule has 3 atom stereocenters. The molecule has 0 radical (unpaired) electrons. The minimum absolute atomic E-state index is 0.0411. The van der Waals surface area contributed by atoms with Crippen LogP contribution in [-0.4, -0.2) is 31.4 Å². The third-order valence-electron chi connectivity index (χ3n) is 4.30. The van der Waals surface area contributed by atoms with E-state index in [4.69, 9.17) is 0 Å². The normalized spacial score (nSPS) is 24.8. The highest BCUT2D eigenvalue weighted by Crippen LogP contribution is 2.37. The maximum Gasteiger partial charge on any atom is 0.156 e. The van der Waals surface area contributed by atoms with Crippen LogP contribution in [0.3, 0.4) is 0 Å². The molecule has 1 heterocycles. The second-order valence-corrected chi connectivity index (χ2v) is 7.59. The maximum absolute atomic E-state index is 12.7. The van der Waals surface area contributed by atoms with Gasteiger partial charge in [-0.05, 0) is 42.8 Å². The summed E-state index contributed by atoms with van der Waals surface area (Å²) in [5, 5.41) is 11.1. The summed E-state index contributed by atoms with van der Waals surface area (Å²) in [4.78, 5) is 16.6. The molecule has 3 rings (SSSR count). The fraction of sp³-hybridized carbons (Fsp3) is 0.263. The third-order valence-corrected chi connectivity index (χ3v) is 5.82. The van der Waals surface area contributed by atoms with Crippen LogP contribution in [0, 0.1) is 6.92 Å². The van der Waals surface area contributed by atoms with Crippen LogP contribution in [-0.2, 0) is 15.6 Å². The zero-order chi connectivity index (χ0) is 17.2. The highest BCUT2D eigenvalue weighted by atomic mass is 32.2. The molecule has 124 valence electrons. The fourth-order valence-corrected chi connectivity index (χ4v) is 4.24. The van der Waals surface area contributed by atoms with Crippen molar-refractivity contribution in [1.29, 1.82) is 0 Å². The van der Waals surface area contributed by atoms with Gasteiger partial charge in [-0.2, -0.15) is 0 Å². The number of ketones is 1. The molecule has 0 unspecified atom stereocenters. The highest BCUT2D eigenvalue weighted by Gasteiger charge is 2.41. The van der Waals surface area contributed by atoms with Gasteiger partial charge in [0, 0.05) is 29.6 Å². The van der Waals surface area contributed by atoms with Crippen molar-refractivity contribution >= 4 is 16.6 Å². The van der Waals surface area contributed by atoms with Gasteiger partial charge in [0.1, 0.15) is 5.60 Å². The lowest BCUT2D eigenvalue weighted by Crippen LogP contribution is -2.43. The first kappa shape index (κ1) is 16.7. The monoisotopic (exact) mass is 341 g/mol. The Morgan fingerprint density at radius 3 is 2.71 bits per heavy atom. The van der Waals surface area contributed by atoms with Crippen molar-refractivity contribution < 1.29 is 14.1 Å². The predicted molar refractivity (Wildman–Crippen MR) is 93.1 cm³/mol. The number of nitrogens with zero attached hydrogens (tertiary/aromatic N) is 1. The van der Waals surface area contributed by atoms with E-state index in [1.165, 1.54) is 12.2 Å². The Morgan fingerprint density at radius 2 is 2.04 bits per heavy atom. The Bertz CT molecular complexity index is 786. The molecule has 0 spiro atoms. The minimum Gasteiger partial charge on any atom is -0.384 e. The molecule has 1 aromatic heterocycles. The predicted octanol–water partition coefficient (Wildman–Crippen LogP) is 2.54. The SMILES string of the molecule is Cc1ccc([S@](=O)C[C@@]2(O)C=CC(=O)C[C@@H]2c2cccnc2)cc1. The van der Waals surface area contributed by atoms with Gasteiger partial charge < -0.3 is 5.11 Å². The molecule has 1 N–H and O–H groups in total. The summed E-state index contributed by atoms with van der Waals surface area (Å²) in [7, 11) is -1.37. The highest BCUT2D eigenvalue weighted by molar-refractivity contribution is 7.85. The maximum atomic E-state index is 12.7. The van der Waals surface area contributed by atoms with Crippen molar-refractivity contribution in [3.63, 3.8) is 0 Å². The molecule has 0 aliphatic heterocycles. The number of pyridine rings is 1. The van der Waals surface area contributed by atoms with Crippen LogP contribution in [0.25, 0.3) is 0 Å². The van der Waals surface area contributed by atoms with E-state index in [2.05, 4.69) is 4.98 Å². The quantitative estimate of drug-likeness (QED) is 0.928. The molecule has 24 heavy (non-hydrogen) atoms. The number of aromatic nitrogens is 1. The van der Waals surface area contributed by atoms with Crippen molar-refractivity contribution in [2.24, 2.45) is 0 Å². The number of allylic oxidation sites excluding steroid dienone is 1. The second-order valence-electron chi connectivity index (χ2n) is 6.14. The lowest BCUT2D eigenvalue weighted by molar-refractivity contribution is -0.117. The second kappa shape index (κ2) is 6.79. The van der Waals surface area contributed by atoms with Crippen molar-refractivity contribution in [3.8, 4) is 0 Å². The first-order chi connectivity index (χ1) is 11.5. The lowest BCUT2D eigenvalue weighted by Gasteiger charge is -2.35. The molecule has 1 aliphatic carbocycles. The Balaban J connectivity index is 1.90. The molecule has 0 saturated heterocycles. The number of aryl methyl sites for hydroxylation is 1. The number of hydrogen-bond acceptors (Lipinski definition) is 4. The van der Waals surface area contributed by atoms with Gasteiger partial charge in [0.2, 0.25) is 0 Å². The Hall–Kier alpha value is -2.11. The molecule has 1 aliphatic rings. The topological polar surface area (TPSA) is 67.3 Å². The smallest absolute Gasteiger partial charge is 0.156 e. The zero-order valence-electron chi connectivity index (χ0n) is 13.4. The van der Waals surface area contributed by atoms with Crippen LogP contribution in [0.15, 0.2) is 65.8 Å². The molecular weight excluding hydrogens is 322 g/mol. The number of benzene rings is 1. The first-order valence-corrected chi connectivity index (χ1v) is 9.09. The summed E-state index contributed by atoms with van der Waals surface area (Å²) in [6.45, 7) is 1.97. The average molecular weight is 341 g/mol. The van der Waals surface area contributed by atoms with Gasteiger partial charge in [-0.1, -0.05) is 23.8 Å². The number of rotatable bonds is 4. The zero-order valence-corrected chi connectivity index (χ0v) is 14.2. The van der Waals surface area contributed by atoms with E-state index in [-0.39, 0.29) is 18.0 Å². The van der Waals surface area contributed by atoms with E-state index in [0.29, 0.717) is 4.90 Å². The minimum atomic E-state index is -1.37. The van der Waals surface area contributed by atoms with Crippen LogP contribution in [0.2, 0.25) is 0 Å². The van der Waals surface area contributed by atoms with Crippen LogP contribution >= 0.6 is 0 Å². The van der Waals surface area contributed by atoms with Gasteiger partial charge >= 0.3 is 0 Å². The Morgan fingerprint density at radius 1 is 1.29 bits per heavy atom. The molecular formula is C19H19NO3S. The molecule has 5 heteroatoms. The van der Waals surface area contributed by atoms with Crippen LogP contribution in [0.5, 0.6) is 0 Å². The molecule has 0 bridgehead atoms. The van der Waals surface area contributed by atoms with E-state index in [1.807, 2.05) is 37.3 Å². The van der Waals surface area contributed by atoms with Gasteiger partial charge in [0.25, 0.3) is 0 Å². The summed E-state index contributed by atoms with van der Waals surface area (Å²) in [6.07, 6.45) is 6.36.